The van der Waals surface area contributed by atoms with Crippen LogP contribution in [0.2, 0.25) is 0 Å². The van der Waals surface area contributed by atoms with Gasteiger partial charge < -0.3 is 33.0 Å². The van der Waals surface area contributed by atoms with Crippen molar-refractivity contribution in [3.8, 4) is 5.69 Å². The van der Waals surface area contributed by atoms with E-state index in [1.54, 1.807) is 0 Å². The second-order valence-electron chi connectivity index (χ2n) is 30.4. The molecule has 0 aliphatic carbocycles. The summed E-state index contributed by atoms with van der Waals surface area (Å²) in [5, 5.41) is 14.0. The van der Waals surface area contributed by atoms with Gasteiger partial charge in [-0.25, -0.2) is 0 Å². The molecule has 494 valence electrons. The van der Waals surface area contributed by atoms with Gasteiger partial charge in [0.2, 0.25) is 0 Å². The van der Waals surface area contributed by atoms with Crippen LogP contribution in [0, 0.1) is 0 Å². The number of nitrogens with zero attached hydrogens (tertiary/aromatic N) is 5. The van der Waals surface area contributed by atoms with E-state index in [1.165, 1.54) is 65.2 Å². The molecule has 0 atom stereocenters. The Bertz CT molecular complexity index is 6700. The number of furan rings is 2. The van der Waals surface area contributed by atoms with Gasteiger partial charge >= 0.3 is 0 Å². The lowest BCUT2D eigenvalue weighted by Crippen LogP contribution is -2.61. The topological polar surface area (TPSA) is 44.2 Å². The van der Waals surface area contributed by atoms with E-state index in [9.17, 15) is 0 Å². The molecular weight excluding hydrogens is 1270 g/mol. The molecule has 16 aromatic carbocycles. The molecule has 0 N–H and O–H groups in total. The highest BCUT2D eigenvalue weighted by molar-refractivity contribution is 7.02. The monoisotopic (exact) mass is 1340 g/mol. The first kappa shape index (κ1) is 60.0. The average molecular weight is 1340 g/mol. The zero-order valence-corrected chi connectivity index (χ0v) is 58.7. The van der Waals surface area contributed by atoms with Crippen molar-refractivity contribution in [3.05, 3.63) is 327 Å². The lowest BCUT2D eigenvalue weighted by Gasteiger charge is -2.45. The van der Waals surface area contributed by atoms with Crippen LogP contribution in [0.3, 0.4) is 0 Å². The molecule has 0 spiro atoms. The summed E-state index contributed by atoms with van der Waals surface area (Å²) in [6.45, 7) is 13.5. The Kier molecular flexibility index (Phi) is 12.9. The molecule has 0 unspecified atom stereocenters. The Morgan fingerprint density at radius 1 is 0.298 bits per heavy atom. The number of benzene rings is 16. The molecule has 0 bridgehead atoms. The lowest BCUT2D eigenvalue weighted by atomic mass is 9.33. The molecule has 0 saturated carbocycles. The molecule has 7 nitrogen and oxygen atoms in total. The summed E-state index contributed by atoms with van der Waals surface area (Å²) >= 11 is 0. The van der Waals surface area contributed by atoms with Crippen LogP contribution in [0.4, 0.5) is 68.2 Å². The highest BCUT2D eigenvalue weighted by Crippen LogP contribution is 2.54. The van der Waals surface area contributed by atoms with Crippen molar-refractivity contribution in [3.63, 3.8) is 0 Å². The maximum atomic E-state index is 7.18. The Labute approximate surface area is 603 Å². The summed E-state index contributed by atoms with van der Waals surface area (Å²) in [6, 6.07) is 117. The van der Waals surface area contributed by atoms with Crippen LogP contribution >= 0.6 is 0 Å². The quantitative estimate of drug-likeness (QED) is 0.106. The van der Waals surface area contributed by atoms with Crippen molar-refractivity contribution in [2.45, 2.75) is 52.4 Å². The lowest BCUT2D eigenvalue weighted by molar-refractivity contribution is 0.590. The Hall–Kier alpha value is -12.8. The van der Waals surface area contributed by atoms with Crippen LogP contribution in [0.15, 0.2) is 324 Å². The molecule has 0 fully saturated rings. The molecule has 0 saturated heterocycles. The molecule has 0 radical (unpaired) electrons. The van der Waals surface area contributed by atoms with Crippen molar-refractivity contribution in [1.29, 1.82) is 0 Å². The van der Waals surface area contributed by atoms with E-state index in [0.717, 1.165) is 134 Å². The fourth-order valence-corrected chi connectivity index (χ4v) is 17.6. The van der Waals surface area contributed by atoms with E-state index in [-0.39, 0.29) is 17.5 Å². The van der Waals surface area contributed by atoms with Crippen molar-refractivity contribution in [1.82, 2.24) is 4.57 Å². The molecule has 2 aliphatic heterocycles. The van der Waals surface area contributed by atoms with E-state index < -0.39 is 0 Å². The van der Waals surface area contributed by atoms with Crippen molar-refractivity contribution < 1.29 is 8.83 Å². The Balaban J connectivity index is 0.918. The number of aromatic nitrogens is 1. The first-order chi connectivity index (χ1) is 50.9. The van der Waals surface area contributed by atoms with Gasteiger partial charge in [0.1, 0.15) is 11.2 Å². The third-order valence-electron chi connectivity index (χ3n) is 22.4. The van der Waals surface area contributed by atoms with Gasteiger partial charge in [0.25, 0.3) is 6.71 Å². The van der Waals surface area contributed by atoms with Gasteiger partial charge in [-0.15, -0.1) is 0 Å². The second-order valence-corrected chi connectivity index (χ2v) is 30.4. The molecule has 5 heterocycles. The SMILES string of the molecule is CC(C)(C)c1ccc(N2c3cc(N(c4ccc5ccc6cccc7ccc4c5c67)c4cccc5c4oc4ccccc45)ccc3B3c4c2cc(N(c2ccccc2)c2cccc5c2oc2ccccc25)cc4N(c2ccc(C(C)(C)C)cc2)c2ccc4c(c23)c2ccccc2n4-c2ccccc2)cc1. The smallest absolute Gasteiger partial charge is 0.253 e. The second kappa shape index (κ2) is 22.4. The number of fused-ring (bicyclic) bond motifs is 14. The average Bonchev–Trinajstić information content (AvgIpc) is 1.13. The van der Waals surface area contributed by atoms with Crippen LogP contribution < -0.4 is 36.0 Å². The van der Waals surface area contributed by atoms with Crippen molar-refractivity contribution in [2.75, 3.05) is 19.6 Å². The van der Waals surface area contributed by atoms with E-state index in [0.29, 0.717) is 0 Å². The molecule has 2 aliphatic rings. The maximum Gasteiger partial charge on any atom is 0.253 e. The summed E-state index contributed by atoms with van der Waals surface area (Å²) in [4.78, 5) is 10.1. The fraction of sp³-hybridized carbons (Fsp3) is 0.0833. The highest BCUT2D eigenvalue weighted by Gasteiger charge is 2.46. The van der Waals surface area contributed by atoms with Gasteiger partial charge in [0.05, 0.1) is 33.8 Å². The largest absolute Gasteiger partial charge is 0.454 e. The number of anilines is 12. The van der Waals surface area contributed by atoms with Gasteiger partial charge in [-0.3, -0.25) is 0 Å². The van der Waals surface area contributed by atoms with Crippen LogP contribution in [-0.4, -0.2) is 11.3 Å². The van der Waals surface area contributed by atoms with Gasteiger partial charge in [-0.2, -0.15) is 0 Å². The minimum absolute atomic E-state index is 0.0818. The van der Waals surface area contributed by atoms with Crippen LogP contribution in [0.1, 0.15) is 52.7 Å². The summed E-state index contributed by atoms with van der Waals surface area (Å²) in [6.07, 6.45) is 0. The number of hydrogen-bond acceptors (Lipinski definition) is 6. The van der Waals surface area contributed by atoms with E-state index in [2.05, 4.69) is 381 Å². The third-order valence-corrected chi connectivity index (χ3v) is 22.4. The standard InChI is InChI=1S/C96H70BN5O2/c1-95(2,3)62-42-46-66(47-43-62)100-80-55-54-79-90(74-30-13-16-33-77(74)99(79)65-26-11-8-12-27-65)92(80)97-76-52-50-68(102(82-35-21-32-73-71-29-15-18-37-87(71)104-94(73)82)78-53-41-61-39-38-59-22-19-23-60-40-51-75(78)89(61)88(59)60)56-83(76)101(67-48-44-63(45-49-67)96(4,5)6)85-58-69(57-84(100)91(85)97)98(64-24-9-7-10-25-64)81-34-20-31-72-70-28-14-17-36-86(70)103-93(72)81/h7-58H,1-6H3. The first-order valence-corrected chi connectivity index (χ1v) is 36.3. The Morgan fingerprint density at radius 3 is 1.43 bits per heavy atom. The Morgan fingerprint density at radius 2 is 0.808 bits per heavy atom. The van der Waals surface area contributed by atoms with E-state index in [4.69, 9.17) is 8.83 Å². The summed E-state index contributed by atoms with van der Waals surface area (Å²) in [7, 11) is 0. The molecule has 19 aromatic rings. The van der Waals surface area contributed by atoms with Crippen LogP contribution in [0.25, 0.3) is 104 Å². The predicted octanol–water partition coefficient (Wildman–Crippen LogP) is 25.1. The van der Waals surface area contributed by atoms with Gasteiger partial charge in [-0.05, 0) is 187 Å². The first-order valence-electron chi connectivity index (χ1n) is 36.3. The maximum absolute atomic E-state index is 7.18. The molecule has 0 amide bonds. The highest BCUT2D eigenvalue weighted by atomic mass is 16.3. The molecular formula is C96H70BN5O2. The van der Waals surface area contributed by atoms with Crippen molar-refractivity contribution >= 4 is 189 Å². The van der Waals surface area contributed by atoms with Crippen molar-refractivity contribution in [2.24, 2.45) is 0 Å². The number of hydrogen-bond donors (Lipinski definition) is 0. The molecule has 104 heavy (non-hydrogen) atoms. The summed E-state index contributed by atoms with van der Waals surface area (Å²) in [5.41, 5.74) is 25.0. The molecule has 21 rings (SSSR count). The van der Waals surface area contributed by atoms with E-state index in [1.807, 2.05) is 0 Å². The summed E-state index contributed by atoms with van der Waals surface area (Å²) in [5.74, 6) is 0. The summed E-state index contributed by atoms with van der Waals surface area (Å²) < 4.78 is 16.8. The van der Waals surface area contributed by atoms with E-state index >= 15 is 0 Å². The molecule has 3 aromatic heterocycles. The van der Waals surface area contributed by atoms with Gasteiger partial charge in [-0.1, -0.05) is 236 Å². The fourth-order valence-electron chi connectivity index (χ4n) is 17.6. The van der Waals surface area contributed by atoms with Crippen LogP contribution in [-0.2, 0) is 10.8 Å². The minimum atomic E-state index is -0.312. The van der Waals surface area contributed by atoms with Gasteiger partial charge in [0, 0.05) is 88.9 Å². The van der Waals surface area contributed by atoms with Crippen LogP contribution in [0.5, 0.6) is 0 Å². The third kappa shape index (κ3) is 8.91. The number of rotatable bonds is 9. The predicted molar refractivity (Wildman–Crippen MR) is 440 cm³/mol. The normalized spacial score (nSPS) is 13.0. The zero-order chi connectivity index (χ0) is 69.4. The minimum Gasteiger partial charge on any atom is -0.454 e. The number of para-hydroxylation sites is 7. The van der Waals surface area contributed by atoms with Gasteiger partial charge in [0.15, 0.2) is 11.2 Å². The molecule has 8 heteroatoms. The zero-order valence-electron chi connectivity index (χ0n) is 58.7.